The van der Waals surface area contributed by atoms with Gasteiger partial charge in [0.25, 0.3) is 11.5 Å². The van der Waals surface area contributed by atoms with Crippen molar-refractivity contribution >= 4 is 60.3 Å². The van der Waals surface area contributed by atoms with Crippen molar-refractivity contribution in [1.29, 1.82) is 0 Å². The lowest BCUT2D eigenvalue weighted by atomic mass is 9.94. The number of anilines is 2. The van der Waals surface area contributed by atoms with Crippen molar-refractivity contribution in [1.82, 2.24) is 9.78 Å². The summed E-state index contributed by atoms with van der Waals surface area (Å²) in [7, 11) is -3.40. The van der Waals surface area contributed by atoms with Gasteiger partial charge in [-0.3, -0.25) is 14.3 Å². The molecule has 4 rings (SSSR count). The predicted octanol–water partition coefficient (Wildman–Crippen LogP) is 4.52. The molecule has 34 heavy (non-hydrogen) atoms. The van der Waals surface area contributed by atoms with Crippen molar-refractivity contribution < 1.29 is 13.2 Å². The van der Waals surface area contributed by atoms with Crippen LogP contribution in [0.2, 0.25) is 5.02 Å². The Hall–Kier alpha value is -3.21. The molecule has 176 valence electrons. The molecule has 0 aliphatic carbocycles. The number of thiophene rings is 1. The molecule has 0 spiro atoms. The summed E-state index contributed by atoms with van der Waals surface area (Å²) in [6, 6.07) is 14.9. The number of nitrogens with one attached hydrogen (secondary N) is 2. The van der Waals surface area contributed by atoms with Gasteiger partial charge in [-0.25, -0.2) is 13.1 Å². The van der Waals surface area contributed by atoms with Crippen molar-refractivity contribution in [2.24, 2.45) is 0 Å². The summed E-state index contributed by atoms with van der Waals surface area (Å²) < 4.78 is 27.6. The third kappa shape index (κ3) is 5.14. The van der Waals surface area contributed by atoms with Crippen LogP contribution in [0.3, 0.4) is 0 Å². The third-order valence-corrected chi connectivity index (χ3v) is 7.09. The molecular weight excluding hydrogens is 496 g/mol. The number of carbonyl (C=O) groups is 1. The summed E-state index contributed by atoms with van der Waals surface area (Å²) in [5, 5.41) is 8.18. The summed E-state index contributed by atoms with van der Waals surface area (Å²) in [5.74, 6) is -0.333. The highest BCUT2D eigenvalue weighted by molar-refractivity contribution is 7.92. The summed E-state index contributed by atoms with van der Waals surface area (Å²) >= 11 is 7.62. The Kier molecular flexibility index (Phi) is 6.24. The van der Waals surface area contributed by atoms with Crippen molar-refractivity contribution in [2.75, 3.05) is 16.3 Å². The van der Waals surface area contributed by atoms with E-state index in [9.17, 15) is 18.0 Å². The number of aromatic nitrogens is 2. The minimum Gasteiger partial charge on any atom is -0.321 e. The summed E-state index contributed by atoms with van der Waals surface area (Å²) in [4.78, 5) is 25.7. The number of halogens is 1. The van der Waals surface area contributed by atoms with E-state index in [0.717, 1.165) is 16.3 Å². The maximum Gasteiger partial charge on any atom is 0.267 e. The van der Waals surface area contributed by atoms with E-state index in [0.29, 0.717) is 26.8 Å². The minimum atomic E-state index is -3.40. The SMILES string of the molecule is CC(C)(c1cc(Cl)cc(NC(=O)c2cc3cc(NS(C)(=O)=O)ccc3s2)c1)n1ncccc1=O. The molecule has 2 aromatic heterocycles. The fourth-order valence-electron chi connectivity index (χ4n) is 3.54. The Morgan fingerprint density at radius 2 is 1.85 bits per heavy atom. The van der Waals surface area contributed by atoms with E-state index in [1.165, 1.54) is 28.3 Å². The number of amides is 1. The number of sulfonamides is 1. The second kappa shape index (κ2) is 8.86. The highest BCUT2D eigenvalue weighted by Gasteiger charge is 2.26. The molecule has 0 aliphatic rings. The molecule has 11 heteroatoms. The zero-order valence-corrected chi connectivity index (χ0v) is 20.9. The molecular formula is C23H21ClN4O4S2. The Morgan fingerprint density at radius 1 is 1.09 bits per heavy atom. The molecule has 4 aromatic rings. The van der Waals surface area contributed by atoms with Gasteiger partial charge >= 0.3 is 0 Å². The molecule has 0 aliphatic heterocycles. The summed E-state index contributed by atoms with van der Waals surface area (Å²) in [6.45, 7) is 3.68. The van der Waals surface area contributed by atoms with E-state index < -0.39 is 15.6 Å². The first-order chi connectivity index (χ1) is 15.9. The maximum atomic E-state index is 13.0. The lowest BCUT2D eigenvalue weighted by molar-refractivity contribution is 0.103. The van der Waals surface area contributed by atoms with Crippen LogP contribution in [0.15, 0.2) is 65.6 Å². The molecule has 2 N–H and O–H groups in total. The van der Waals surface area contributed by atoms with Gasteiger partial charge in [0.05, 0.1) is 16.7 Å². The molecule has 0 saturated heterocycles. The fraction of sp³-hybridized carbons (Fsp3) is 0.174. The standard InChI is InChI=1S/C23H21ClN4O4S2/c1-23(2,28-21(29)5-4-8-25-28)15-11-16(24)13-18(12-15)26-22(30)20-10-14-9-17(27-34(3,31)32)6-7-19(14)33-20/h4-13,27H,1-3H3,(H,26,30). The van der Waals surface area contributed by atoms with E-state index in [-0.39, 0.29) is 11.5 Å². The lowest BCUT2D eigenvalue weighted by Gasteiger charge is -2.27. The van der Waals surface area contributed by atoms with Crippen molar-refractivity contribution in [3.63, 3.8) is 0 Å². The maximum absolute atomic E-state index is 13.0. The van der Waals surface area contributed by atoms with Crippen LogP contribution in [0.1, 0.15) is 29.1 Å². The monoisotopic (exact) mass is 516 g/mol. The highest BCUT2D eigenvalue weighted by Crippen LogP contribution is 2.31. The van der Waals surface area contributed by atoms with Gasteiger partial charge in [0.2, 0.25) is 10.0 Å². The van der Waals surface area contributed by atoms with E-state index in [2.05, 4.69) is 15.1 Å². The zero-order chi connectivity index (χ0) is 24.7. The largest absolute Gasteiger partial charge is 0.321 e. The molecule has 2 heterocycles. The van der Waals surface area contributed by atoms with Crippen molar-refractivity contribution in [3.05, 3.63) is 86.6 Å². The minimum absolute atomic E-state index is 0.256. The first-order valence-corrected chi connectivity index (χ1v) is 13.2. The third-order valence-electron chi connectivity index (χ3n) is 5.15. The number of rotatable bonds is 6. The molecule has 1 amide bonds. The number of fused-ring (bicyclic) bond motifs is 1. The second-order valence-electron chi connectivity index (χ2n) is 8.25. The van der Waals surface area contributed by atoms with Crippen LogP contribution in [-0.2, 0) is 15.6 Å². The Morgan fingerprint density at radius 3 is 2.56 bits per heavy atom. The summed E-state index contributed by atoms with van der Waals surface area (Å²) in [6.07, 6.45) is 2.61. The van der Waals surface area contributed by atoms with E-state index in [4.69, 9.17) is 11.6 Å². The van der Waals surface area contributed by atoms with Crippen LogP contribution < -0.4 is 15.6 Å². The highest BCUT2D eigenvalue weighted by atomic mass is 35.5. The molecule has 0 bridgehead atoms. The van der Waals surface area contributed by atoms with Gasteiger partial charge in [-0.1, -0.05) is 11.6 Å². The van der Waals surface area contributed by atoms with Crippen LogP contribution in [0.4, 0.5) is 11.4 Å². The number of benzene rings is 2. The Labute approximate surface area is 205 Å². The quantitative estimate of drug-likeness (QED) is 0.391. The fourth-order valence-corrected chi connectivity index (χ4v) is 5.27. The van der Waals surface area contributed by atoms with Gasteiger partial charge in [-0.05, 0) is 73.3 Å². The molecule has 8 nitrogen and oxygen atoms in total. The van der Waals surface area contributed by atoms with Crippen molar-refractivity contribution in [3.8, 4) is 0 Å². The molecule has 0 unspecified atom stereocenters. The molecule has 0 atom stereocenters. The van der Waals surface area contributed by atoms with Crippen molar-refractivity contribution in [2.45, 2.75) is 19.4 Å². The predicted molar refractivity (Wildman–Crippen MR) is 137 cm³/mol. The van der Waals surface area contributed by atoms with Gasteiger partial charge in [0.15, 0.2) is 0 Å². The lowest BCUT2D eigenvalue weighted by Crippen LogP contribution is -2.38. The van der Waals surface area contributed by atoms with Gasteiger partial charge < -0.3 is 5.32 Å². The van der Waals surface area contributed by atoms with Gasteiger partial charge in [-0.15, -0.1) is 11.3 Å². The van der Waals surface area contributed by atoms with Gasteiger partial charge in [0, 0.05) is 33.4 Å². The van der Waals surface area contributed by atoms with E-state index in [1.807, 2.05) is 13.8 Å². The molecule has 0 radical (unpaired) electrons. The smallest absolute Gasteiger partial charge is 0.267 e. The zero-order valence-electron chi connectivity index (χ0n) is 18.5. The normalized spacial score (nSPS) is 12.0. The molecule has 0 saturated carbocycles. The number of hydrogen-bond donors (Lipinski definition) is 2. The number of hydrogen-bond acceptors (Lipinski definition) is 6. The number of carbonyl (C=O) groups excluding carboxylic acids is 1. The van der Waals surface area contributed by atoms with E-state index >= 15 is 0 Å². The average Bonchev–Trinajstić information content (AvgIpc) is 3.16. The van der Waals surface area contributed by atoms with Gasteiger partial charge in [0.1, 0.15) is 0 Å². The van der Waals surface area contributed by atoms with Crippen LogP contribution in [0.25, 0.3) is 10.1 Å². The molecule has 2 aromatic carbocycles. The first-order valence-electron chi connectivity index (χ1n) is 10.1. The van der Waals surface area contributed by atoms with Gasteiger partial charge in [-0.2, -0.15) is 5.10 Å². The summed E-state index contributed by atoms with van der Waals surface area (Å²) in [5.41, 5.74) is 0.522. The topological polar surface area (TPSA) is 110 Å². The van der Waals surface area contributed by atoms with Crippen LogP contribution >= 0.6 is 22.9 Å². The second-order valence-corrected chi connectivity index (χ2v) is 11.5. The Balaban J connectivity index is 1.62. The first kappa shape index (κ1) is 23.9. The van der Waals surface area contributed by atoms with Crippen LogP contribution in [0.5, 0.6) is 0 Å². The van der Waals surface area contributed by atoms with Crippen LogP contribution in [-0.4, -0.2) is 30.4 Å². The number of nitrogens with zero attached hydrogens (tertiary/aromatic N) is 2. The molecule has 0 fully saturated rings. The average molecular weight is 517 g/mol. The Bertz CT molecular complexity index is 1580. The van der Waals surface area contributed by atoms with E-state index in [1.54, 1.807) is 48.5 Å². The van der Waals surface area contributed by atoms with Crippen LogP contribution in [0, 0.1) is 0 Å².